The standard InChI is InChI=1S/C53H53Cl2FN4O5/c1-5-49(38-16-19-45(54)46(55)25-38)64-43-17-14-37(15-18-43)51-31-59(6-2)29-41-24-39-26-48(60(30-40(39)27-50(41)65-51)28-35-8-7-9-42(56)22-35)52(61)58-47(53(62)63)23-34-10-12-36(13-11-34)44-20-21-57-33(4)32(44)3/h7-22,24-25,27,47-49,51H,5-6,23,26,28-31H2,1-4H3,(H,58,61)(H,62,63)/t47-,48-,49+,51+/m0/s1. The van der Waals surface area contributed by atoms with Crippen molar-refractivity contribution < 1.29 is 28.6 Å². The van der Waals surface area contributed by atoms with Crippen LogP contribution in [0.1, 0.15) is 82.7 Å². The summed E-state index contributed by atoms with van der Waals surface area (Å²) < 4.78 is 27.8. The zero-order valence-corrected chi connectivity index (χ0v) is 38.5. The van der Waals surface area contributed by atoms with Crippen LogP contribution in [0, 0.1) is 19.7 Å². The molecule has 6 aromatic rings. The van der Waals surface area contributed by atoms with Crippen molar-refractivity contribution in [1.29, 1.82) is 0 Å². The van der Waals surface area contributed by atoms with Crippen molar-refractivity contribution >= 4 is 35.1 Å². The second-order valence-electron chi connectivity index (χ2n) is 17.0. The van der Waals surface area contributed by atoms with E-state index < -0.39 is 24.0 Å². The number of likely N-dealkylation sites (N-methyl/N-ethyl adjacent to an activating group) is 1. The van der Waals surface area contributed by atoms with Crippen LogP contribution < -0.4 is 14.8 Å². The predicted molar refractivity (Wildman–Crippen MR) is 253 cm³/mol. The number of aryl methyl sites for hydroxylation is 1. The summed E-state index contributed by atoms with van der Waals surface area (Å²) in [5.74, 6) is -0.378. The summed E-state index contributed by atoms with van der Waals surface area (Å²) in [6, 6.07) is 32.0. The van der Waals surface area contributed by atoms with E-state index in [-0.39, 0.29) is 31.0 Å². The number of pyridine rings is 1. The normalized spacial score (nSPS) is 17.2. The van der Waals surface area contributed by atoms with E-state index in [9.17, 15) is 19.1 Å². The number of nitrogens with one attached hydrogen (secondary N) is 1. The molecule has 5 aromatic carbocycles. The number of nitrogens with zero attached hydrogens (tertiary/aromatic N) is 3. The Bertz CT molecular complexity index is 2680. The fraction of sp³-hybridized carbons (Fsp3) is 0.302. The van der Waals surface area contributed by atoms with Gasteiger partial charge in [0.2, 0.25) is 5.91 Å². The van der Waals surface area contributed by atoms with Crippen LogP contribution in [0.2, 0.25) is 10.0 Å². The summed E-state index contributed by atoms with van der Waals surface area (Å²) in [4.78, 5) is 35.8. The van der Waals surface area contributed by atoms with E-state index in [1.165, 1.54) is 12.1 Å². The van der Waals surface area contributed by atoms with Gasteiger partial charge in [0.05, 0.1) is 16.1 Å². The number of ether oxygens (including phenoxy) is 2. The van der Waals surface area contributed by atoms with Crippen molar-refractivity contribution in [3.8, 4) is 22.6 Å². The first-order chi connectivity index (χ1) is 31.3. The molecule has 0 fully saturated rings. The molecule has 8 rings (SSSR count). The molecule has 2 aliphatic heterocycles. The maximum absolute atomic E-state index is 14.5. The topological polar surface area (TPSA) is 104 Å². The summed E-state index contributed by atoms with van der Waals surface area (Å²) >= 11 is 12.5. The van der Waals surface area contributed by atoms with Crippen LogP contribution in [0.3, 0.4) is 0 Å². The fourth-order valence-corrected chi connectivity index (χ4v) is 9.20. The average molecular weight is 916 g/mol. The van der Waals surface area contributed by atoms with Gasteiger partial charge in [-0.2, -0.15) is 0 Å². The summed E-state index contributed by atoms with van der Waals surface area (Å²) in [5.41, 5.74) is 10.6. The molecule has 2 N–H and O–H groups in total. The molecule has 2 aliphatic rings. The molecule has 1 amide bonds. The summed E-state index contributed by atoms with van der Waals surface area (Å²) in [7, 11) is 0. The Labute approximate surface area is 390 Å². The number of fused-ring (bicyclic) bond motifs is 2. The van der Waals surface area contributed by atoms with E-state index >= 15 is 0 Å². The quantitative estimate of drug-likeness (QED) is 0.111. The number of hydrogen-bond acceptors (Lipinski definition) is 7. The molecule has 0 radical (unpaired) electrons. The van der Waals surface area contributed by atoms with Gasteiger partial charge in [-0.3, -0.25) is 19.6 Å². The van der Waals surface area contributed by atoms with Crippen molar-refractivity contribution in [2.24, 2.45) is 0 Å². The highest BCUT2D eigenvalue weighted by Gasteiger charge is 2.36. The Kier molecular flexibility index (Phi) is 14.2. The van der Waals surface area contributed by atoms with E-state index in [0.29, 0.717) is 41.7 Å². The molecule has 12 heteroatoms. The van der Waals surface area contributed by atoms with Gasteiger partial charge in [0.15, 0.2) is 0 Å². The van der Waals surface area contributed by atoms with Crippen LogP contribution >= 0.6 is 23.2 Å². The smallest absolute Gasteiger partial charge is 0.326 e. The summed E-state index contributed by atoms with van der Waals surface area (Å²) in [6.07, 6.45) is 2.51. The number of halogens is 3. The highest BCUT2D eigenvalue weighted by atomic mass is 35.5. The highest BCUT2D eigenvalue weighted by molar-refractivity contribution is 6.42. The maximum atomic E-state index is 14.5. The Morgan fingerprint density at radius 3 is 2.38 bits per heavy atom. The molecule has 3 heterocycles. The van der Waals surface area contributed by atoms with Crippen molar-refractivity contribution in [2.75, 3.05) is 13.1 Å². The molecule has 1 aromatic heterocycles. The minimum Gasteiger partial charge on any atom is -0.486 e. The lowest BCUT2D eigenvalue weighted by Gasteiger charge is -2.37. The number of hydrogen-bond donors (Lipinski definition) is 2. The zero-order chi connectivity index (χ0) is 45.8. The third-order valence-electron chi connectivity index (χ3n) is 12.7. The molecular formula is C53H53Cl2FN4O5. The van der Waals surface area contributed by atoms with E-state index in [2.05, 4.69) is 41.2 Å². The Morgan fingerprint density at radius 2 is 1.68 bits per heavy atom. The third-order valence-corrected chi connectivity index (χ3v) is 13.5. The molecule has 65 heavy (non-hydrogen) atoms. The van der Waals surface area contributed by atoms with Crippen LogP contribution in [0.15, 0.2) is 115 Å². The van der Waals surface area contributed by atoms with Crippen LogP contribution in [-0.4, -0.2) is 56.9 Å². The number of aliphatic carboxylic acids is 1. The predicted octanol–water partition coefficient (Wildman–Crippen LogP) is 11.0. The van der Waals surface area contributed by atoms with Gasteiger partial charge in [-0.25, -0.2) is 9.18 Å². The third kappa shape index (κ3) is 10.7. The van der Waals surface area contributed by atoms with Crippen molar-refractivity contribution in [3.05, 3.63) is 181 Å². The molecule has 0 aliphatic carbocycles. The summed E-state index contributed by atoms with van der Waals surface area (Å²) in [6.45, 7) is 11.0. The molecule has 0 saturated heterocycles. The minimum atomic E-state index is -1.16. The number of carbonyl (C=O) groups is 2. The minimum absolute atomic E-state index is 0.107. The van der Waals surface area contributed by atoms with Gasteiger partial charge in [0.1, 0.15) is 35.6 Å². The number of carboxylic acid groups (broad SMARTS) is 1. The Balaban J connectivity index is 1.02. The molecular weight excluding hydrogens is 863 g/mol. The number of rotatable bonds is 14. The number of aromatic nitrogens is 1. The van der Waals surface area contributed by atoms with Gasteiger partial charge in [0.25, 0.3) is 0 Å². The molecule has 0 spiro atoms. The average Bonchev–Trinajstić information content (AvgIpc) is 3.48. The van der Waals surface area contributed by atoms with E-state index in [0.717, 1.165) is 80.2 Å². The molecule has 0 bridgehead atoms. The van der Waals surface area contributed by atoms with Crippen LogP contribution in [-0.2, 0) is 42.1 Å². The number of benzene rings is 5. The molecule has 0 saturated carbocycles. The second kappa shape index (κ2) is 20.2. The lowest BCUT2D eigenvalue weighted by atomic mass is 9.90. The first-order valence-corrected chi connectivity index (χ1v) is 22.9. The number of carboxylic acids is 1. The largest absolute Gasteiger partial charge is 0.486 e. The summed E-state index contributed by atoms with van der Waals surface area (Å²) in [5, 5.41) is 14.3. The number of carbonyl (C=O) groups excluding carboxylic acids is 1. The van der Waals surface area contributed by atoms with E-state index in [4.69, 9.17) is 32.7 Å². The van der Waals surface area contributed by atoms with E-state index in [1.54, 1.807) is 18.3 Å². The van der Waals surface area contributed by atoms with Gasteiger partial charge in [-0.05, 0) is 132 Å². The van der Waals surface area contributed by atoms with Crippen LogP contribution in [0.5, 0.6) is 11.5 Å². The van der Waals surface area contributed by atoms with Crippen molar-refractivity contribution in [1.82, 2.24) is 20.1 Å². The maximum Gasteiger partial charge on any atom is 0.326 e. The molecule has 336 valence electrons. The second-order valence-corrected chi connectivity index (χ2v) is 17.9. The van der Waals surface area contributed by atoms with Crippen LogP contribution in [0.25, 0.3) is 11.1 Å². The van der Waals surface area contributed by atoms with Gasteiger partial charge in [-0.1, -0.05) is 97.7 Å². The fourth-order valence-electron chi connectivity index (χ4n) is 8.90. The molecule has 4 atom stereocenters. The van der Waals surface area contributed by atoms with E-state index in [1.807, 2.05) is 91.5 Å². The van der Waals surface area contributed by atoms with Gasteiger partial charge < -0.3 is 19.9 Å². The first kappa shape index (κ1) is 45.8. The SMILES string of the molecule is CC[C@@H](Oc1ccc([C@H]2CN(CC)Cc3cc4c(cc3O2)CN(Cc2cccc(F)c2)[C@H](C(=O)N[C@@H](Cc2ccc(-c3ccnc(C)c3C)cc2)C(=O)O)C4)cc1)c1ccc(Cl)c(Cl)c1. The van der Waals surface area contributed by atoms with Gasteiger partial charge in [0, 0.05) is 50.1 Å². The van der Waals surface area contributed by atoms with Gasteiger partial charge in [-0.15, -0.1) is 0 Å². The Morgan fingerprint density at radius 1 is 0.892 bits per heavy atom. The highest BCUT2D eigenvalue weighted by Crippen LogP contribution is 2.38. The molecule has 9 nitrogen and oxygen atoms in total. The number of amides is 1. The van der Waals surface area contributed by atoms with Crippen molar-refractivity contribution in [2.45, 2.75) is 90.9 Å². The first-order valence-electron chi connectivity index (χ1n) is 22.1. The van der Waals surface area contributed by atoms with Gasteiger partial charge >= 0.3 is 5.97 Å². The lowest BCUT2D eigenvalue weighted by molar-refractivity contribution is -0.142. The monoisotopic (exact) mass is 914 g/mol. The lowest BCUT2D eigenvalue weighted by Crippen LogP contribution is -2.54. The molecule has 0 unspecified atom stereocenters. The van der Waals surface area contributed by atoms with Crippen LogP contribution in [0.4, 0.5) is 4.39 Å². The Hall–Kier alpha value is -5.78. The zero-order valence-electron chi connectivity index (χ0n) is 37.0. The van der Waals surface area contributed by atoms with Crippen molar-refractivity contribution in [3.63, 3.8) is 0 Å².